The number of rotatable bonds is 3. The predicted octanol–water partition coefficient (Wildman–Crippen LogP) is 1.11. The Morgan fingerprint density at radius 2 is 1.89 bits per heavy atom. The van der Waals surface area contributed by atoms with Crippen LogP contribution in [0.5, 0.6) is 0 Å². The lowest BCUT2D eigenvalue weighted by atomic mass is 10.1. The summed E-state index contributed by atoms with van der Waals surface area (Å²) in [5.41, 5.74) is 5.72. The Morgan fingerprint density at radius 3 is 2.42 bits per heavy atom. The van der Waals surface area contributed by atoms with E-state index in [1.807, 2.05) is 0 Å². The molecule has 1 saturated heterocycles. The molecular weight excluding hydrogens is 249 g/mol. The molecule has 6 heteroatoms. The van der Waals surface area contributed by atoms with Crippen molar-refractivity contribution in [2.24, 2.45) is 5.73 Å². The number of hydrogen-bond acceptors (Lipinski definition) is 3. The van der Waals surface area contributed by atoms with E-state index >= 15 is 0 Å². The fourth-order valence-corrected chi connectivity index (χ4v) is 2.07. The number of hydrogen-bond donors (Lipinski definition) is 2. The van der Waals surface area contributed by atoms with Crippen molar-refractivity contribution in [1.29, 1.82) is 0 Å². The lowest BCUT2D eigenvalue weighted by Crippen LogP contribution is -2.40. The van der Waals surface area contributed by atoms with E-state index in [0.717, 1.165) is 4.90 Å². The summed E-state index contributed by atoms with van der Waals surface area (Å²) >= 11 is 0. The Hall–Kier alpha value is -1.95. The van der Waals surface area contributed by atoms with Gasteiger partial charge in [0.25, 0.3) is 5.91 Å². The Kier molecular flexibility index (Phi) is 3.28. The number of amides is 3. The molecule has 1 aliphatic rings. The zero-order valence-electron chi connectivity index (χ0n) is 10.9. The minimum absolute atomic E-state index is 0.0405. The Balaban J connectivity index is 2.24. The summed E-state index contributed by atoms with van der Waals surface area (Å²) in [6, 6.07) is 3.85. The third-order valence-corrected chi connectivity index (χ3v) is 3.04. The zero-order chi connectivity index (χ0) is 14.2. The molecule has 0 atom stereocenters. The van der Waals surface area contributed by atoms with Crippen molar-refractivity contribution in [3.8, 4) is 0 Å². The molecule has 1 fully saturated rings. The van der Waals surface area contributed by atoms with E-state index in [1.165, 1.54) is 12.1 Å². The van der Waals surface area contributed by atoms with Gasteiger partial charge in [0.2, 0.25) is 0 Å². The Morgan fingerprint density at radius 1 is 1.26 bits per heavy atom. The Labute approximate surface area is 110 Å². The first-order valence-electron chi connectivity index (χ1n) is 5.96. The maximum Gasteiger partial charge on any atom is 0.325 e. The molecule has 19 heavy (non-hydrogen) atoms. The smallest absolute Gasteiger partial charge is 0.325 e. The van der Waals surface area contributed by atoms with Crippen molar-refractivity contribution in [2.45, 2.75) is 32.5 Å². The summed E-state index contributed by atoms with van der Waals surface area (Å²) in [4.78, 5) is 24.8. The van der Waals surface area contributed by atoms with E-state index in [4.69, 9.17) is 5.73 Å². The summed E-state index contributed by atoms with van der Waals surface area (Å²) in [5.74, 6) is -0.750. The molecule has 3 N–H and O–H groups in total. The van der Waals surface area contributed by atoms with E-state index in [0.29, 0.717) is 11.1 Å². The number of benzene rings is 1. The highest BCUT2D eigenvalue weighted by molar-refractivity contribution is 6.06. The standard InChI is InChI=1S/C13H16FN3O2/c1-13(2)11(18)17(12(19)16-13)7-9-3-8(6-15)4-10(14)5-9/h3-5H,6-7,15H2,1-2H3,(H,16,19). The number of urea groups is 1. The van der Waals surface area contributed by atoms with Gasteiger partial charge in [0.15, 0.2) is 0 Å². The summed E-state index contributed by atoms with van der Waals surface area (Å²) in [5, 5.41) is 2.58. The number of halogens is 1. The first-order chi connectivity index (χ1) is 8.83. The molecule has 1 aromatic carbocycles. The quantitative estimate of drug-likeness (QED) is 0.804. The molecule has 0 saturated carbocycles. The lowest BCUT2D eigenvalue weighted by Gasteiger charge is -2.16. The monoisotopic (exact) mass is 265 g/mol. The minimum Gasteiger partial charge on any atom is -0.326 e. The van der Waals surface area contributed by atoms with Crippen LogP contribution in [0.25, 0.3) is 0 Å². The average Bonchev–Trinajstić information content (AvgIpc) is 2.51. The largest absolute Gasteiger partial charge is 0.326 e. The molecule has 0 aromatic heterocycles. The highest BCUT2D eigenvalue weighted by Crippen LogP contribution is 2.20. The van der Waals surface area contributed by atoms with Gasteiger partial charge in [-0.1, -0.05) is 6.07 Å². The van der Waals surface area contributed by atoms with Gasteiger partial charge in [-0.25, -0.2) is 9.18 Å². The number of nitrogens with two attached hydrogens (primary N) is 1. The van der Waals surface area contributed by atoms with Crippen LogP contribution < -0.4 is 11.1 Å². The molecule has 0 radical (unpaired) electrons. The van der Waals surface area contributed by atoms with Crippen molar-refractivity contribution in [3.05, 3.63) is 35.1 Å². The average molecular weight is 265 g/mol. The third-order valence-electron chi connectivity index (χ3n) is 3.04. The van der Waals surface area contributed by atoms with Crippen LogP contribution >= 0.6 is 0 Å². The van der Waals surface area contributed by atoms with Crippen molar-refractivity contribution in [1.82, 2.24) is 10.2 Å². The van der Waals surface area contributed by atoms with E-state index in [9.17, 15) is 14.0 Å². The van der Waals surface area contributed by atoms with Crippen molar-refractivity contribution in [2.75, 3.05) is 0 Å². The number of nitrogens with one attached hydrogen (secondary N) is 1. The second-order valence-corrected chi connectivity index (χ2v) is 5.12. The molecule has 0 unspecified atom stereocenters. The second-order valence-electron chi connectivity index (χ2n) is 5.12. The molecule has 5 nitrogen and oxygen atoms in total. The number of nitrogens with zero attached hydrogens (tertiary/aromatic N) is 1. The maximum absolute atomic E-state index is 13.4. The van der Waals surface area contributed by atoms with Gasteiger partial charge in [0.1, 0.15) is 11.4 Å². The van der Waals surface area contributed by atoms with Gasteiger partial charge in [-0.15, -0.1) is 0 Å². The van der Waals surface area contributed by atoms with Crippen molar-refractivity contribution >= 4 is 11.9 Å². The van der Waals surface area contributed by atoms with Gasteiger partial charge in [-0.05, 0) is 37.1 Å². The summed E-state index contributed by atoms with van der Waals surface area (Å²) in [6.45, 7) is 3.50. The lowest BCUT2D eigenvalue weighted by molar-refractivity contribution is -0.130. The van der Waals surface area contributed by atoms with Gasteiger partial charge < -0.3 is 11.1 Å². The third kappa shape index (κ3) is 2.58. The number of imide groups is 1. The molecule has 1 heterocycles. The second kappa shape index (κ2) is 4.62. The van der Waals surface area contributed by atoms with Crippen LogP contribution in [0.2, 0.25) is 0 Å². The molecule has 0 bridgehead atoms. The van der Waals surface area contributed by atoms with Gasteiger partial charge in [-0.2, -0.15) is 0 Å². The predicted molar refractivity (Wildman–Crippen MR) is 67.5 cm³/mol. The van der Waals surface area contributed by atoms with Crippen LogP contribution in [0, 0.1) is 5.82 Å². The molecule has 0 spiro atoms. The highest BCUT2D eigenvalue weighted by Gasteiger charge is 2.44. The summed E-state index contributed by atoms with van der Waals surface area (Å²) in [6.07, 6.45) is 0. The first kappa shape index (κ1) is 13.5. The number of carbonyl (C=O) groups is 2. The van der Waals surface area contributed by atoms with Crippen molar-refractivity contribution < 1.29 is 14.0 Å². The van der Waals surface area contributed by atoms with Gasteiger partial charge in [0.05, 0.1) is 6.54 Å². The van der Waals surface area contributed by atoms with Crippen LogP contribution in [0.4, 0.5) is 9.18 Å². The van der Waals surface area contributed by atoms with Crippen LogP contribution in [-0.4, -0.2) is 22.4 Å². The summed E-state index contributed by atoms with van der Waals surface area (Å²) < 4.78 is 13.4. The first-order valence-corrected chi connectivity index (χ1v) is 5.96. The molecule has 0 aliphatic carbocycles. The van der Waals surface area contributed by atoms with Crippen LogP contribution in [0.1, 0.15) is 25.0 Å². The maximum atomic E-state index is 13.4. The van der Waals surface area contributed by atoms with Crippen LogP contribution in [0.3, 0.4) is 0 Å². The minimum atomic E-state index is -0.916. The fraction of sp³-hybridized carbons (Fsp3) is 0.385. The summed E-state index contributed by atoms with van der Waals surface area (Å²) in [7, 11) is 0. The van der Waals surface area contributed by atoms with E-state index in [2.05, 4.69) is 5.32 Å². The SMILES string of the molecule is CC1(C)NC(=O)N(Cc2cc(F)cc(CN)c2)C1=O. The molecule has 1 aromatic rings. The van der Waals surface area contributed by atoms with E-state index in [1.54, 1.807) is 19.9 Å². The van der Waals surface area contributed by atoms with Crippen molar-refractivity contribution in [3.63, 3.8) is 0 Å². The molecule has 1 aliphatic heterocycles. The van der Waals surface area contributed by atoms with Crippen LogP contribution in [0.15, 0.2) is 18.2 Å². The van der Waals surface area contributed by atoms with E-state index < -0.39 is 17.4 Å². The van der Waals surface area contributed by atoms with E-state index in [-0.39, 0.29) is 19.0 Å². The fourth-order valence-electron chi connectivity index (χ4n) is 2.07. The van der Waals surface area contributed by atoms with Gasteiger partial charge in [-0.3, -0.25) is 9.69 Å². The van der Waals surface area contributed by atoms with Crippen LogP contribution in [-0.2, 0) is 17.9 Å². The van der Waals surface area contributed by atoms with Gasteiger partial charge >= 0.3 is 6.03 Å². The number of carbonyl (C=O) groups excluding carboxylic acids is 2. The van der Waals surface area contributed by atoms with Gasteiger partial charge in [0, 0.05) is 6.54 Å². The normalized spacial score (nSPS) is 17.8. The molecule has 3 amide bonds. The molecule has 102 valence electrons. The molecular formula is C13H16FN3O2. The zero-order valence-corrected chi connectivity index (χ0v) is 10.9. The highest BCUT2D eigenvalue weighted by atomic mass is 19.1. The Bertz CT molecular complexity index is 543. The molecule has 2 rings (SSSR count). The topological polar surface area (TPSA) is 75.4 Å².